The number of nitrogens with zero attached hydrogens (tertiary/aromatic N) is 1. The third kappa shape index (κ3) is 6.38. The largest absolute Gasteiger partial charge is 0.455 e. The van der Waals surface area contributed by atoms with E-state index in [4.69, 9.17) is 9.47 Å². The fourth-order valence-electron chi connectivity index (χ4n) is 2.82. The second kappa shape index (κ2) is 10.4. The molecule has 0 saturated heterocycles. The van der Waals surface area contributed by atoms with Crippen LogP contribution in [0.2, 0.25) is 0 Å². The highest BCUT2D eigenvalue weighted by atomic mass is 19.4. The summed E-state index contributed by atoms with van der Waals surface area (Å²) in [5, 5.41) is 2.26. The van der Waals surface area contributed by atoms with Gasteiger partial charge in [0.15, 0.2) is 5.75 Å². The van der Waals surface area contributed by atoms with Crippen LogP contribution in [0.15, 0.2) is 48.7 Å². The van der Waals surface area contributed by atoms with E-state index in [0.717, 1.165) is 24.4 Å². The zero-order valence-corrected chi connectivity index (χ0v) is 17.9. The fraction of sp³-hybridized carbons (Fsp3) is 0.182. The molecule has 0 fully saturated rings. The topological polar surface area (TPSA) is 69.7 Å². The summed E-state index contributed by atoms with van der Waals surface area (Å²) in [6.07, 6.45) is -9.07. The number of nitrogens with one attached hydrogen (secondary N) is 1. The molecule has 1 heterocycles. The number of rotatable bonds is 7. The standard InChI is InChI=1S/C22H14F8N2O4/c1-34-10-18(33)32-19-17(35-11-2-4-15(23)13(8-11)21(25,26)27)6-7-31-20(19)36-12-3-5-16(24)14(9-12)22(28,29)30/h2-9H,10H2,1H3,(H,32,33). The zero-order valence-electron chi connectivity index (χ0n) is 17.9. The molecular formula is C22H14F8N2O4. The number of ether oxygens (including phenoxy) is 3. The van der Waals surface area contributed by atoms with Crippen molar-refractivity contribution in [3.05, 3.63) is 71.4 Å². The van der Waals surface area contributed by atoms with Crippen molar-refractivity contribution >= 4 is 11.6 Å². The van der Waals surface area contributed by atoms with Gasteiger partial charge in [0.2, 0.25) is 5.88 Å². The molecule has 14 heteroatoms. The van der Waals surface area contributed by atoms with Crippen molar-refractivity contribution in [3.63, 3.8) is 0 Å². The monoisotopic (exact) mass is 522 g/mol. The molecular weight excluding hydrogens is 508 g/mol. The predicted octanol–water partition coefficient (Wildman–Crippen LogP) is 6.57. The van der Waals surface area contributed by atoms with Crippen molar-refractivity contribution in [2.45, 2.75) is 12.4 Å². The van der Waals surface area contributed by atoms with Crippen molar-refractivity contribution in [2.24, 2.45) is 0 Å². The summed E-state index contributed by atoms with van der Waals surface area (Å²) in [4.78, 5) is 15.9. The normalized spacial score (nSPS) is 11.8. The van der Waals surface area contributed by atoms with Crippen molar-refractivity contribution < 1.29 is 54.1 Å². The van der Waals surface area contributed by atoms with Gasteiger partial charge in [-0.05, 0) is 36.4 Å². The first kappa shape index (κ1) is 26.7. The molecule has 0 aliphatic heterocycles. The van der Waals surface area contributed by atoms with E-state index in [-0.39, 0.29) is 5.75 Å². The number of hydrogen-bond acceptors (Lipinski definition) is 5. The van der Waals surface area contributed by atoms with Gasteiger partial charge < -0.3 is 19.5 Å². The molecule has 192 valence electrons. The van der Waals surface area contributed by atoms with Gasteiger partial charge in [-0.25, -0.2) is 13.8 Å². The van der Waals surface area contributed by atoms with Crippen LogP contribution in [0.5, 0.6) is 23.1 Å². The van der Waals surface area contributed by atoms with Crippen LogP contribution in [0.25, 0.3) is 0 Å². The van der Waals surface area contributed by atoms with Crippen LogP contribution in [0.3, 0.4) is 0 Å². The lowest BCUT2D eigenvalue weighted by Crippen LogP contribution is -2.18. The van der Waals surface area contributed by atoms with Gasteiger partial charge in [0.1, 0.15) is 35.4 Å². The Morgan fingerprint density at radius 1 is 0.861 bits per heavy atom. The predicted molar refractivity (Wildman–Crippen MR) is 108 cm³/mol. The third-order valence-electron chi connectivity index (χ3n) is 4.35. The Hall–Kier alpha value is -3.94. The smallest absolute Gasteiger partial charge is 0.419 e. The van der Waals surface area contributed by atoms with Crippen LogP contribution in [0.1, 0.15) is 11.1 Å². The highest BCUT2D eigenvalue weighted by Crippen LogP contribution is 2.41. The van der Waals surface area contributed by atoms with Gasteiger partial charge in [0.05, 0.1) is 11.1 Å². The Morgan fingerprint density at radius 3 is 1.89 bits per heavy atom. The second-order valence-corrected chi connectivity index (χ2v) is 6.95. The maximum absolute atomic E-state index is 13.6. The van der Waals surface area contributed by atoms with E-state index in [1.54, 1.807) is 0 Å². The Bertz CT molecular complexity index is 1180. The van der Waals surface area contributed by atoms with Crippen LogP contribution in [-0.4, -0.2) is 24.6 Å². The quantitative estimate of drug-likeness (QED) is 0.356. The van der Waals surface area contributed by atoms with Gasteiger partial charge in [-0.3, -0.25) is 4.79 Å². The van der Waals surface area contributed by atoms with E-state index in [1.807, 2.05) is 0 Å². The summed E-state index contributed by atoms with van der Waals surface area (Å²) in [6.45, 7) is -0.503. The van der Waals surface area contributed by atoms with Crippen molar-refractivity contribution in [1.29, 1.82) is 0 Å². The number of anilines is 1. The minimum Gasteiger partial charge on any atom is -0.455 e. The molecule has 36 heavy (non-hydrogen) atoms. The summed E-state index contributed by atoms with van der Waals surface area (Å²) in [5.41, 5.74) is -3.67. The zero-order chi connectivity index (χ0) is 26.7. The number of methoxy groups -OCH3 is 1. The highest BCUT2D eigenvalue weighted by molar-refractivity contribution is 5.94. The average Bonchev–Trinajstić information content (AvgIpc) is 2.77. The van der Waals surface area contributed by atoms with E-state index < -0.39 is 70.7 Å². The van der Waals surface area contributed by atoms with Crippen LogP contribution in [-0.2, 0) is 21.9 Å². The van der Waals surface area contributed by atoms with Gasteiger partial charge in [-0.2, -0.15) is 26.3 Å². The number of carbonyl (C=O) groups excluding carboxylic acids is 1. The Labute approximate surface area is 197 Å². The molecule has 0 unspecified atom stereocenters. The number of carbonyl (C=O) groups is 1. The maximum Gasteiger partial charge on any atom is 0.419 e. The third-order valence-corrected chi connectivity index (χ3v) is 4.35. The van der Waals surface area contributed by atoms with Crippen LogP contribution in [0.4, 0.5) is 40.8 Å². The Morgan fingerprint density at radius 2 is 1.39 bits per heavy atom. The SMILES string of the molecule is COCC(=O)Nc1c(Oc2ccc(F)c(C(F)(F)F)c2)ccnc1Oc1ccc(F)c(C(F)(F)F)c1. The molecule has 0 radical (unpaired) electrons. The second-order valence-electron chi connectivity index (χ2n) is 6.95. The minimum absolute atomic E-state index is 0.348. The number of aromatic nitrogens is 1. The molecule has 2 aromatic carbocycles. The van der Waals surface area contributed by atoms with E-state index in [1.165, 1.54) is 7.11 Å². The molecule has 0 aliphatic rings. The number of hydrogen-bond donors (Lipinski definition) is 1. The van der Waals surface area contributed by atoms with E-state index >= 15 is 0 Å². The van der Waals surface area contributed by atoms with E-state index in [0.29, 0.717) is 24.3 Å². The molecule has 1 N–H and O–H groups in total. The fourth-order valence-corrected chi connectivity index (χ4v) is 2.82. The highest BCUT2D eigenvalue weighted by Gasteiger charge is 2.35. The van der Waals surface area contributed by atoms with Gasteiger partial charge in [0.25, 0.3) is 5.91 Å². The molecule has 6 nitrogen and oxygen atoms in total. The van der Waals surface area contributed by atoms with Crippen molar-refractivity contribution in [2.75, 3.05) is 19.0 Å². The summed E-state index contributed by atoms with van der Waals surface area (Å²) in [5.74, 6) is -5.87. The van der Waals surface area contributed by atoms with Gasteiger partial charge in [0, 0.05) is 19.4 Å². The van der Waals surface area contributed by atoms with Gasteiger partial charge in [-0.15, -0.1) is 0 Å². The number of pyridine rings is 1. The Balaban J connectivity index is 2.04. The average molecular weight is 522 g/mol. The first-order valence-corrected chi connectivity index (χ1v) is 9.66. The lowest BCUT2D eigenvalue weighted by Gasteiger charge is -2.17. The summed E-state index contributed by atoms with van der Waals surface area (Å²) < 4.78 is 121. The number of benzene rings is 2. The molecule has 1 aromatic heterocycles. The summed E-state index contributed by atoms with van der Waals surface area (Å²) in [7, 11) is 1.19. The minimum atomic E-state index is -5.05. The van der Waals surface area contributed by atoms with Crippen molar-refractivity contribution in [3.8, 4) is 23.1 Å². The van der Waals surface area contributed by atoms with E-state index in [2.05, 4.69) is 15.0 Å². The van der Waals surface area contributed by atoms with Crippen LogP contribution < -0.4 is 14.8 Å². The van der Waals surface area contributed by atoms with Crippen molar-refractivity contribution in [1.82, 2.24) is 4.98 Å². The molecule has 0 atom stereocenters. The number of amides is 1. The van der Waals surface area contributed by atoms with Crippen LogP contribution in [0, 0.1) is 11.6 Å². The lowest BCUT2D eigenvalue weighted by molar-refractivity contribution is -0.140. The molecule has 0 spiro atoms. The molecule has 0 saturated carbocycles. The maximum atomic E-state index is 13.6. The number of halogens is 8. The molecule has 3 aromatic rings. The summed E-state index contributed by atoms with van der Waals surface area (Å²) >= 11 is 0. The first-order chi connectivity index (χ1) is 16.8. The lowest BCUT2D eigenvalue weighted by atomic mass is 10.2. The molecule has 3 rings (SSSR count). The Kier molecular flexibility index (Phi) is 7.67. The van der Waals surface area contributed by atoms with E-state index in [9.17, 15) is 39.9 Å². The number of alkyl halides is 6. The summed E-state index contributed by atoms with van der Waals surface area (Å²) in [6, 6.07) is 4.55. The van der Waals surface area contributed by atoms with Gasteiger partial charge in [-0.1, -0.05) is 0 Å². The van der Waals surface area contributed by atoms with Crippen LogP contribution >= 0.6 is 0 Å². The molecule has 0 bridgehead atoms. The van der Waals surface area contributed by atoms with Gasteiger partial charge >= 0.3 is 12.4 Å². The molecule has 0 aliphatic carbocycles. The molecule has 1 amide bonds. The first-order valence-electron chi connectivity index (χ1n) is 9.66.